The van der Waals surface area contributed by atoms with E-state index in [1.807, 2.05) is 13.8 Å². The third-order valence-electron chi connectivity index (χ3n) is 5.00. The lowest BCUT2D eigenvalue weighted by atomic mass is 10.0. The number of nitrogens with two attached hydrogens (primary N) is 3. The molecule has 0 spiro atoms. The van der Waals surface area contributed by atoms with Crippen LogP contribution >= 0.6 is 0 Å². The fourth-order valence-corrected chi connectivity index (χ4v) is 3.09. The lowest BCUT2D eigenvalue weighted by molar-refractivity contribution is -0.145. The van der Waals surface area contributed by atoms with Gasteiger partial charge in [0.2, 0.25) is 23.6 Å². The highest BCUT2D eigenvalue weighted by atomic mass is 16.4. The first-order valence-electron chi connectivity index (χ1n) is 11.4. The van der Waals surface area contributed by atoms with Gasteiger partial charge in [-0.1, -0.05) is 20.3 Å². The van der Waals surface area contributed by atoms with E-state index in [1.165, 1.54) is 6.92 Å². The smallest absolute Gasteiger partial charge is 0.328 e. The summed E-state index contributed by atoms with van der Waals surface area (Å²) in [6, 6.07) is -4.82. The lowest BCUT2D eigenvalue weighted by Crippen LogP contribution is -2.58. The highest BCUT2D eigenvalue weighted by molar-refractivity contribution is 5.94. The molecule has 5 unspecified atom stereocenters. The van der Waals surface area contributed by atoms with Gasteiger partial charge in [-0.2, -0.15) is 0 Å². The van der Waals surface area contributed by atoms with Gasteiger partial charge in [0, 0.05) is 6.42 Å². The first-order valence-corrected chi connectivity index (χ1v) is 11.4. The maximum Gasteiger partial charge on any atom is 0.328 e. The fraction of sp³-hybridized carbons (Fsp3) is 0.762. The number of aliphatic carboxylic acids is 1. The van der Waals surface area contributed by atoms with Gasteiger partial charge in [0.25, 0.3) is 0 Å². The molecular formula is C21H40N6O7. The molecule has 0 aromatic heterocycles. The van der Waals surface area contributed by atoms with Gasteiger partial charge in [-0.3, -0.25) is 19.2 Å². The van der Waals surface area contributed by atoms with Gasteiger partial charge in [-0.05, 0) is 45.1 Å². The van der Waals surface area contributed by atoms with Crippen LogP contribution in [0.25, 0.3) is 0 Å². The Hall–Kier alpha value is -2.77. The Balaban J connectivity index is 5.48. The van der Waals surface area contributed by atoms with Gasteiger partial charge >= 0.3 is 5.97 Å². The molecule has 196 valence electrons. The van der Waals surface area contributed by atoms with E-state index < -0.39 is 59.9 Å². The number of hydrogen-bond donors (Lipinski definition) is 8. The molecule has 0 fully saturated rings. The third-order valence-corrected chi connectivity index (χ3v) is 5.00. The third kappa shape index (κ3) is 12.5. The van der Waals surface area contributed by atoms with Crippen LogP contribution in [0.4, 0.5) is 0 Å². The Morgan fingerprint density at radius 1 is 0.853 bits per heavy atom. The molecule has 0 rings (SSSR count). The number of carbonyl (C=O) groups is 5. The number of carbonyl (C=O) groups excluding carboxylic acids is 4. The van der Waals surface area contributed by atoms with E-state index in [0.717, 1.165) is 0 Å². The summed E-state index contributed by atoms with van der Waals surface area (Å²) in [4.78, 5) is 60.6. The van der Waals surface area contributed by atoms with Gasteiger partial charge in [-0.15, -0.1) is 0 Å². The maximum absolute atomic E-state index is 13.0. The number of hydrogen-bond acceptors (Lipinski definition) is 8. The molecule has 0 aliphatic rings. The minimum atomic E-state index is -1.63. The Bertz CT molecular complexity index is 701. The van der Waals surface area contributed by atoms with Gasteiger partial charge in [0.1, 0.15) is 12.1 Å². The lowest BCUT2D eigenvalue weighted by Gasteiger charge is -2.26. The quantitative estimate of drug-likeness (QED) is 0.102. The summed E-state index contributed by atoms with van der Waals surface area (Å²) in [5.74, 6) is -4.37. The summed E-state index contributed by atoms with van der Waals surface area (Å²) in [5, 5.41) is 26.0. The zero-order chi connectivity index (χ0) is 26.4. The average Bonchev–Trinajstić information content (AvgIpc) is 2.72. The van der Waals surface area contributed by atoms with Crippen LogP contribution in [0.15, 0.2) is 0 Å². The van der Waals surface area contributed by atoms with Crippen molar-refractivity contribution in [2.45, 2.75) is 89.6 Å². The molecule has 0 aliphatic carbocycles. The number of carboxylic acid groups (broad SMARTS) is 1. The van der Waals surface area contributed by atoms with Crippen molar-refractivity contribution < 1.29 is 34.2 Å². The van der Waals surface area contributed by atoms with Crippen LogP contribution in [-0.4, -0.2) is 76.6 Å². The molecular weight excluding hydrogens is 448 g/mol. The fourth-order valence-electron chi connectivity index (χ4n) is 3.09. The molecule has 0 heterocycles. The highest BCUT2D eigenvalue weighted by Gasteiger charge is 2.32. The molecule has 0 aliphatic heterocycles. The maximum atomic E-state index is 13.0. The summed E-state index contributed by atoms with van der Waals surface area (Å²) in [7, 11) is 0. The zero-order valence-corrected chi connectivity index (χ0v) is 20.1. The molecule has 4 amide bonds. The van der Waals surface area contributed by atoms with Crippen LogP contribution < -0.4 is 33.2 Å². The second-order valence-electron chi connectivity index (χ2n) is 8.71. The van der Waals surface area contributed by atoms with Crippen molar-refractivity contribution in [1.29, 1.82) is 0 Å². The molecule has 13 nitrogen and oxygen atoms in total. The molecule has 0 aromatic rings. The van der Waals surface area contributed by atoms with E-state index in [9.17, 15) is 34.2 Å². The molecule has 34 heavy (non-hydrogen) atoms. The number of amides is 4. The average molecular weight is 489 g/mol. The van der Waals surface area contributed by atoms with E-state index in [4.69, 9.17) is 17.2 Å². The number of rotatable bonds is 17. The molecule has 0 bridgehead atoms. The van der Waals surface area contributed by atoms with Crippen molar-refractivity contribution in [3.63, 3.8) is 0 Å². The second-order valence-corrected chi connectivity index (χ2v) is 8.71. The van der Waals surface area contributed by atoms with Crippen molar-refractivity contribution in [2.24, 2.45) is 23.1 Å². The number of carboxylic acids is 1. The molecule has 5 atom stereocenters. The van der Waals surface area contributed by atoms with E-state index >= 15 is 0 Å². The normalized spacial score (nSPS) is 15.5. The minimum absolute atomic E-state index is 0.00552. The molecule has 0 saturated heterocycles. The SMILES string of the molecule is CC(C)CC(NC(=O)C(N)CCCCN)C(=O)NC(CCC(N)=O)C(=O)NC(C(=O)O)C(C)O. The second kappa shape index (κ2) is 16.0. The Morgan fingerprint density at radius 3 is 1.88 bits per heavy atom. The Morgan fingerprint density at radius 2 is 1.41 bits per heavy atom. The number of nitrogens with one attached hydrogen (secondary N) is 3. The summed E-state index contributed by atoms with van der Waals surface area (Å²) in [5.41, 5.74) is 16.5. The van der Waals surface area contributed by atoms with Crippen molar-refractivity contribution >= 4 is 29.6 Å². The largest absolute Gasteiger partial charge is 0.480 e. The first-order chi connectivity index (χ1) is 15.8. The molecule has 0 saturated carbocycles. The number of aliphatic hydroxyl groups excluding tert-OH is 1. The van der Waals surface area contributed by atoms with E-state index in [1.54, 1.807) is 0 Å². The van der Waals surface area contributed by atoms with E-state index in [-0.39, 0.29) is 25.2 Å². The van der Waals surface area contributed by atoms with E-state index in [0.29, 0.717) is 25.8 Å². The predicted molar refractivity (Wildman–Crippen MR) is 124 cm³/mol. The highest BCUT2D eigenvalue weighted by Crippen LogP contribution is 2.08. The van der Waals surface area contributed by atoms with Crippen LogP contribution in [0, 0.1) is 5.92 Å². The van der Waals surface area contributed by atoms with E-state index in [2.05, 4.69) is 16.0 Å². The standard InChI is InChI=1S/C21H40N6O7/c1-11(2)10-15(26-18(30)13(23)6-4-5-9-22)20(32)25-14(7-8-16(24)29)19(31)27-17(12(3)28)21(33)34/h11-15,17,28H,4-10,22-23H2,1-3H3,(H2,24,29)(H,25,32)(H,26,30)(H,27,31)(H,33,34). The number of primary amides is 1. The monoisotopic (exact) mass is 488 g/mol. The van der Waals surface area contributed by atoms with Crippen LogP contribution in [0.1, 0.15) is 59.3 Å². The first kappa shape index (κ1) is 31.2. The molecule has 11 N–H and O–H groups in total. The topological polar surface area (TPSA) is 240 Å². The number of unbranched alkanes of at least 4 members (excludes halogenated alkanes) is 1. The summed E-state index contributed by atoms with van der Waals surface area (Å²) < 4.78 is 0. The summed E-state index contributed by atoms with van der Waals surface area (Å²) in [6.07, 6.45) is 0.0919. The van der Waals surface area contributed by atoms with Gasteiger partial charge in [0.05, 0.1) is 12.1 Å². The molecule has 0 aromatic carbocycles. The van der Waals surface area contributed by atoms with Crippen LogP contribution in [0.3, 0.4) is 0 Å². The van der Waals surface area contributed by atoms with Gasteiger partial charge in [-0.25, -0.2) is 4.79 Å². The predicted octanol–water partition coefficient (Wildman–Crippen LogP) is -2.33. The van der Waals surface area contributed by atoms with Crippen molar-refractivity contribution in [3.05, 3.63) is 0 Å². The minimum Gasteiger partial charge on any atom is -0.480 e. The van der Waals surface area contributed by atoms with Gasteiger partial charge in [0.15, 0.2) is 6.04 Å². The van der Waals surface area contributed by atoms with Crippen LogP contribution in [0.2, 0.25) is 0 Å². The van der Waals surface area contributed by atoms with Crippen LogP contribution in [0.5, 0.6) is 0 Å². The van der Waals surface area contributed by atoms with Crippen molar-refractivity contribution in [3.8, 4) is 0 Å². The van der Waals surface area contributed by atoms with Crippen molar-refractivity contribution in [2.75, 3.05) is 6.54 Å². The van der Waals surface area contributed by atoms with Crippen molar-refractivity contribution in [1.82, 2.24) is 16.0 Å². The Labute approximate surface area is 199 Å². The molecule has 13 heteroatoms. The number of aliphatic hydroxyl groups is 1. The van der Waals surface area contributed by atoms with Crippen LogP contribution in [-0.2, 0) is 24.0 Å². The molecule has 0 radical (unpaired) electrons. The summed E-state index contributed by atoms with van der Waals surface area (Å²) in [6.45, 7) is 5.33. The Kier molecular flexibility index (Phi) is 14.7. The summed E-state index contributed by atoms with van der Waals surface area (Å²) >= 11 is 0. The van der Waals surface area contributed by atoms with Gasteiger partial charge < -0.3 is 43.4 Å². The zero-order valence-electron chi connectivity index (χ0n) is 20.1.